The van der Waals surface area contributed by atoms with Crippen molar-refractivity contribution in [2.45, 2.75) is 99.1 Å². The molecule has 2 amide bonds. The SMILES string of the molecule is CCOC(=O)C1CC(=O)C(=C(O)C2CC2)C(=O)C1.Cc1ccc(C(=O)O)c(C2=NC(C)(C(C)C)C(=O)N2)c1.Cc1ccc(C2=NC(C)(C(C)C)C(=O)N2)c(C(=O)O)c1. The number of Topliss-reactive ketones (excluding diaryl/α,β-unsaturated/α-hetero) is 2. The summed E-state index contributed by atoms with van der Waals surface area (Å²) in [5, 5.41) is 33.8. The Balaban J connectivity index is 0.000000193. The summed E-state index contributed by atoms with van der Waals surface area (Å²) in [4.78, 5) is 90.9. The number of carbonyl (C=O) groups is 7. The van der Waals surface area contributed by atoms with Crippen LogP contribution >= 0.6 is 0 Å². The summed E-state index contributed by atoms with van der Waals surface area (Å²) in [6.45, 7) is 16.8. The minimum Gasteiger partial charge on any atom is -0.511 e. The van der Waals surface area contributed by atoms with Crippen LogP contribution in [-0.2, 0) is 28.7 Å². The quantitative estimate of drug-likeness (QED) is 0.0945. The molecule has 0 radical (unpaired) electrons. The number of rotatable bonds is 9. The molecule has 6 rings (SSSR count). The van der Waals surface area contributed by atoms with Crippen molar-refractivity contribution in [1.82, 2.24) is 10.6 Å². The van der Waals surface area contributed by atoms with Crippen LogP contribution in [0.5, 0.6) is 0 Å². The molecule has 2 aliphatic carbocycles. The van der Waals surface area contributed by atoms with Gasteiger partial charge in [-0.1, -0.05) is 57.0 Å². The number of amidine groups is 2. The first-order valence-corrected chi connectivity index (χ1v) is 19.2. The molecule has 0 spiro atoms. The Kier molecular flexibility index (Phi) is 13.6. The van der Waals surface area contributed by atoms with Gasteiger partial charge in [0.2, 0.25) is 0 Å². The summed E-state index contributed by atoms with van der Waals surface area (Å²) in [5.74, 6) is -3.91. The smallest absolute Gasteiger partial charge is 0.336 e. The molecule has 2 saturated carbocycles. The minimum absolute atomic E-state index is 0.0260. The second kappa shape index (κ2) is 17.7. The topological polar surface area (TPSA) is 238 Å². The average Bonchev–Trinajstić information content (AvgIpc) is 3.88. The predicted molar refractivity (Wildman–Crippen MR) is 214 cm³/mol. The maximum atomic E-state index is 12.1. The normalized spacial score (nSPS) is 22.5. The lowest BCUT2D eigenvalue weighted by Crippen LogP contribution is -2.41. The number of esters is 1. The number of nitrogens with one attached hydrogen (secondary N) is 2. The van der Waals surface area contributed by atoms with Crippen molar-refractivity contribution in [1.29, 1.82) is 0 Å². The van der Waals surface area contributed by atoms with Crippen molar-refractivity contribution in [3.05, 3.63) is 81.1 Å². The number of aryl methyl sites for hydroxylation is 2. The number of carbonyl (C=O) groups excluding carboxylic acids is 5. The Morgan fingerprint density at radius 2 is 1.19 bits per heavy atom. The summed E-state index contributed by atoms with van der Waals surface area (Å²) < 4.78 is 4.81. The van der Waals surface area contributed by atoms with Crippen LogP contribution in [-0.4, -0.2) is 86.0 Å². The Morgan fingerprint density at radius 1 is 0.724 bits per heavy atom. The number of amides is 2. The van der Waals surface area contributed by atoms with Crippen molar-refractivity contribution in [2.75, 3.05) is 6.61 Å². The van der Waals surface area contributed by atoms with Crippen molar-refractivity contribution in [3.63, 3.8) is 0 Å². The summed E-state index contributed by atoms with van der Waals surface area (Å²) in [6.07, 6.45) is 1.54. The standard InChI is InChI=1S/2C15H18N2O3.C13H16O5/c1-8(2)15(4)14(20)16-12(17-15)11-7-9(3)5-6-10(11)13(18)19;1-8(2)15(4)14(20)16-12(17-15)10-6-5-9(3)7-11(10)13(18)19;1-2-18-13(17)8-5-9(14)11(10(15)6-8)12(16)7-3-4-7/h2*5-8H,1-4H3,(H,18,19)(H,16,17,20);7-8,16H,2-6H2,1H3. The number of aliphatic hydroxyl groups excluding tert-OH is 1. The van der Waals surface area contributed by atoms with Gasteiger partial charge in [0.25, 0.3) is 11.8 Å². The number of aliphatic hydroxyl groups is 1. The zero-order valence-corrected chi connectivity index (χ0v) is 34.3. The summed E-state index contributed by atoms with van der Waals surface area (Å²) in [5.41, 5.74) is 1.17. The van der Waals surface area contributed by atoms with E-state index in [2.05, 4.69) is 20.6 Å². The van der Waals surface area contributed by atoms with E-state index in [0.717, 1.165) is 24.0 Å². The molecular weight excluding hydrogens is 748 g/mol. The number of hydrogen-bond acceptors (Lipinski definition) is 11. The molecule has 2 aromatic rings. The van der Waals surface area contributed by atoms with E-state index in [1.807, 2.05) is 47.6 Å². The van der Waals surface area contributed by atoms with E-state index < -0.39 is 46.5 Å². The van der Waals surface area contributed by atoms with Gasteiger partial charge in [-0.3, -0.25) is 34.0 Å². The summed E-state index contributed by atoms with van der Waals surface area (Å²) >= 11 is 0. The molecule has 2 heterocycles. The van der Waals surface area contributed by atoms with Gasteiger partial charge in [0.05, 0.1) is 29.2 Å². The van der Waals surface area contributed by atoms with Gasteiger partial charge in [-0.15, -0.1) is 0 Å². The fraction of sp³-hybridized carbons (Fsp3) is 0.465. The van der Waals surface area contributed by atoms with E-state index >= 15 is 0 Å². The maximum absolute atomic E-state index is 12.1. The van der Waals surface area contributed by atoms with Gasteiger partial charge in [0.15, 0.2) is 11.6 Å². The number of ketones is 2. The number of allylic oxidation sites excluding steroid dienone is 2. The molecule has 2 atom stereocenters. The van der Waals surface area contributed by atoms with Crippen LogP contribution in [0.1, 0.15) is 117 Å². The lowest BCUT2D eigenvalue weighted by molar-refractivity contribution is -0.151. The van der Waals surface area contributed by atoms with Gasteiger partial charge >= 0.3 is 17.9 Å². The minimum atomic E-state index is -1.03. The summed E-state index contributed by atoms with van der Waals surface area (Å²) in [7, 11) is 0. The van der Waals surface area contributed by atoms with Gasteiger partial charge in [0, 0.05) is 29.9 Å². The molecule has 310 valence electrons. The second-order valence-electron chi connectivity index (χ2n) is 15.9. The zero-order chi connectivity index (χ0) is 43.4. The van der Waals surface area contributed by atoms with E-state index in [1.54, 1.807) is 45.0 Å². The Hall–Kier alpha value is -5.99. The number of carboxylic acid groups (broad SMARTS) is 2. The first kappa shape index (κ1) is 44.7. The molecule has 2 fully saturated rings. The first-order chi connectivity index (χ1) is 27.0. The number of carboxylic acids is 2. The van der Waals surface area contributed by atoms with Crippen molar-refractivity contribution in [3.8, 4) is 0 Å². The van der Waals surface area contributed by atoms with E-state index in [1.165, 1.54) is 6.07 Å². The molecule has 15 heteroatoms. The monoisotopic (exact) mass is 800 g/mol. The lowest BCUT2D eigenvalue weighted by Gasteiger charge is -2.21. The third-order valence-electron chi connectivity index (χ3n) is 10.9. The molecule has 15 nitrogen and oxygen atoms in total. The first-order valence-electron chi connectivity index (χ1n) is 19.2. The van der Waals surface area contributed by atoms with E-state index in [0.29, 0.717) is 22.8 Å². The number of benzene rings is 2. The molecule has 5 N–H and O–H groups in total. The molecule has 4 aliphatic rings. The van der Waals surface area contributed by atoms with Crippen molar-refractivity contribution >= 4 is 53.0 Å². The van der Waals surface area contributed by atoms with E-state index in [-0.39, 0.29) is 71.5 Å². The van der Waals surface area contributed by atoms with Gasteiger partial charge in [-0.25, -0.2) is 9.59 Å². The Bertz CT molecular complexity index is 2130. The molecular formula is C43H52N4O11. The van der Waals surface area contributed by atoms with Gasteiger partial charge in [0.1, 0.15) is 28.5 Å². The second-order valence-corrected chi connectivity index (χ2v) is 15.9. The van der Waals surface area contributed by atoms with Crippen LogP contribution in [0.4, 0.5) is 0 Å². The van der Waals surface area contributed by atoms with E-state index in [4.69, 9.17) is 4.74 Å². The van der Waals surface area contributed by atoms with Crippen LogP contribution in [0.3, 0.4) is 0 Å². The van der Waals surface area contributed by atoms with Crippen LogP contribution in [0.25, 0.3) is 0 Å². The average molecular weight is 801 g/mol. The number of nitrogens with zero attached hydrogens (tertiary/aromatic N) is 2. The highest BCUT2D eigenvalue weighted by Crippen LogP contribution is 2.39. The molecule has 2 aromatic carbocycles. The van der Waals surface area contributed by atoms with Gasteiger partial charge in [-0.05, 0) is 77.5 Å². The molecule has 0 aromatic heterocycles. The molecule has 58 heavy (non-hydrogen) atoms. The number of aliphatic imine (C=N–C) groups is 2. The van der Waals surface area contributed by atoms with E-state index in [9.17, 15) is 48.9 Å². The molecule has 2 unspecified atom stereocenters. The maximum Gasteiger partial charge on any atom is 0.336 e. The zero-order valence-electron chi connectivity index (χ0n) is 34.3. The fourth-order valence-electron chi connectivity index (χ4n) is 6.36. The fourth-order valence-corrected chi connectivity index (χ4v) is 6.36. The Morgan fingerprint density at radius 3 is 1.62 bits per heavy atom. The molecule has 2 aliphatic heterocycles. The highest BCUT2D eigenvalue weighted by Gasteiger charge is 2.44. The molecule has 0 bridgehead atoms. The van der Waals surface area contributed by atoms with Crippen molar-refractivity contribution in [2.24, 2.45) is 33.7 Å². The number of aromatic carboxylic acids is 2. The van der Waals surface area contributed by atoms with Crippen LogP contribution < -0.4 is 10.6 Å². The number of hydrogen-bond donors (Lipinski definition) is 5. The largest absolute Gasteiger partial charge is 0.511 e. The van der Waals surface area contributed by atoms with Crippen LogP contribution in [0, 0.1) is 37.5 Å². The molecule has 0 saturated heterocycles. The highest BCUT2D eigenvalue weighted by atomic mass is 16.5. The van der Waals surface area contributed by atoms with Gasteiger partial charge < -0.3 is 30.7 Å². The number of ether oxygens (including phenoxy) is 1. The lowest BCUT2D eigenvalue weighted by atomic mass is 9.82. The summed E-state index contributed by atoms with van der Waals surface area (Å²) in [6, 6.07) is 10.1. The predicted octanol–water partition coefficient (Wildman–Crippen LogP) is 5.29. The van der Waals surface area contributed by atoms with Crippen LogP contribution in [0.2, 0.25) is 0 Å². The van der Waals surface area contributed by atoms with Gasteiger partial charge in [-0.2, -0.15) is 0 Å². The third-order valence-corrected chi connectivity index (χ3v) is 10.9. The Labute approximate surface area is 337 Å². The highest BCUT2D eigenvalue weighted by molar-refractivity contribution is 6.23. The van der Waals surface area contributed by atoms with Crippen LogP contribution in [0.15, 0.2) is 57.7 Å². The van der Waals surface area contributed by atoms with Crippen molar-refractivity contribution < 1.29 is 53.6 Å². The third kappa shape index (κ3) is 9.57.